The van der Waals surface area contributed by atoms with Gasteiger partial charge in [-0.3, -0.25) is 9.67 Å². The maximum absolute atomic E-state index is 10.7. The summed E-state index contributed by atoms with van der Waals surface area (Å²) in [4.78, 5) is 6.44. The molecular formula is C15H21BrN4O. The monoisotopic (exact) mass is 352 g/mol. The smallest absolute Gasteiger partial charge is 0.122 e. The second-order valence-corrected chi connectivity index (χ2v) is 6.34. The van der Waals surface area contributed by atoms with Gasteiger partial charge in [-0.25, -0.2) is 0 Å². The maximum Gasteiger partial charge on any atom is 0.122 e. The van der Waals surface area contributed by atoms with Crippen molar-refractivity contribution in [2.45, 2.75) is 26.5 Å². The Morgan fingerprint density at radius 2 is 1.90 bits per heavy atom. The van der Waals surface area contributed by atoms with E-state index >= 15 is 0 Å². The van der Waals surface area contributed by atoms with Gasteiger partial charge in [-0.05, 0) is 61.6 Å². The number of halogens is 1. The summed E-state index contributed by atoms with van der Waals surface area (Å²) in [5.41, 5.74) is 3.42. The number of hydrogen-bond donors (Lipinski definition) is 1. The van der Waals surface area contributed by atoms with E-state index in [4.69, 9.17) is 0 Å². The largest absolute Gasteiger partial charge is 0.382 e. The normalized spacial score (nSPS) is 12.9. The zero-order valence-electron chi connectivity index (χ0n) is 12.8. The average molecular weight is 353 g/mol. The Balaban J connectivity index is 2.33. The molecule has 0 aromatic carbocycles. The van der Waals surface area contributed by atoms with Gasteiger partial charge in [0.15, 0.2) is 0 Å². The van der Waals surface area contributed by atoms with Crippen molar-refractivity contribution in [1.82, 2.24) is 19.7 Å². The molecule has 2 aromatic rings. The van der Waals surface area contributed by atoms with Crippen molar-refractivity contribution in [2.75, 3.05) is 20.6 Å². The van der Waals surface area contributed by atoms with Crippen molar-refractivity contribution in [3.05, 3.63) is 45.4 Å². The molecule has 2 aromatic heterocycles. The molecule has 0 amide bonds. The predicted molar refractivity (Wildman–Crippen MR) is 86.3 cm³/mol. The first-order valence-corrected chi connectivity index (χ1v) is 7.67. The van der Waals surface area contributed by atoms with Crippen molar-refractivity contribution >= 4 is 15.9 Å². The van der Waals surface area contributed by atoms with Crippen molar-refractivity contribution in [1.29, 1.82) is 0 Å². The van der Waals surface area contributed by atoms with Crippen LogP contribution in [0.5, 0.6) is 0 Å². The highest BCUT2D eigenvalue weighted by molar-refractivity contribution is 9.10. The van der Waals surface area contributed by atoms with Gasteiger partial charge >= 0.3 is 0 Å². The van der Waals surface area contributed by atoms with E-state index in [-0.39, 0.29) is 0 Å². The zero-order valence-corrected chi connectivity index (χ0v) is 14.4. The van der Waals surface area contributed by atoms with Crippen LogP contribution in [0, 0.1) is 13.8 Å². The number of nitrogens with zero attached hydrogens (tertiary/aromatic N) is 4. The molecule has 0 spiro atoms. The van der Waals surface area contributed by atoms with Gasteiger partial charge in [-0.15, -0.1) is 0 Å². The third-order valence-electron chi connectivity index (χ3n) is 3.27. The zero-order chi connectivity index (χ0) is 15.6. The van der Waals surface area contributed by atoms with Crippen LogP contribution in [0.15, 0.2) is 22.8 Å². The van der Waals surface area contributed by atoms with E-state index in [1.54, 1.807) is 6.20 Å². The second-order valence-electron chi connectivity index (χ2n) is 5.49. The summed E-state index contributed by atoms with van der Waals surface area (Å²) in [5, 5.41) is 15.1. The molecule has 0 fully saturated rings. The maximum atomic E-state index is 10.7. The molecule has 21 heavy (non-hydrogen) atoms. The molecule has 0 aliphatic rings. The molecule has 2 heterocycles. The first-order chi connectivity index (χ1) is 9.88. The number of aromatic nitrogens is 3. The molecule has 0 saturated carbocycles. The number of hydrogen-bond acceptors (Lipinski definition) is 4. The lowest BCUT2D eigenvalue weighted by Gasteiger charge is -2.17. The molecule has 2 rings (SSSR count). The Labute approximate surface area is 133 Å². The highest BCUT2D eigenvalue weighted by Crippen LogP contribution is 2.29. The van der Waals surface area contributed by atoms with E-state index in [9.17, 15) is 5.11 Å². The highest BCUT2D eigenvalue weighted by Gasteiger charge is 2.20. The molecule has 6 heteroatoms. The number of aliphatic hydroxyl groups excluding tert-OH is 1. The molecule has 1 N–H and O–H groups in total. The summed E-state index contributed by atoms with van der Waals surface area (Å²) in [7, 11) is 4.04. The van der Waals surface area contributed by atoms with Crippen LogP contribution in [0.4, 0.5) is 0 Å². The van der Waals surface area contributed by atoms with E-state index in [0.29, 0.717) is 0 Å². The lowest BCUT2D eigenvalue weighted by molar-refractivity contribution is 0.204. The quantitative estimate of drug-likeness (QED) is 0.896. The Morgan fingerprint density at radius 3 is 2.48 bits per heavy atom. The van der Waals surface area contributed by atoms with Crippen molar-refractivity contribution in [2.24, 2.45) is 0 Å². The van der Waals surface area contributed by atoms with E-state index in [1.165, 1.54) is 0 Å². The van der Waals surface area contributed by atoms with Gasteiger partial charge in [-0.2, -0.15) is 5.10 Å². The topological polar surface area (TPSA) is 54.2 Å². The molecule has 0 bridgehead atoms. The molecule has 1 unspecified atom stereocenters. The number of rotatable bonds is 5. The molecular weight excluding hydrogens is 332 g/mol. The third-order valence-corrected chi connectivity index (χ3v) is 3.88. The molecule has 1 atom stereocenters. The van der Waals surface area contributed by atoms with Gasteiger partial charge in [0.05, 0.1) is 22.9 Å². The van der Waals surface area contributed by atoms with Gasteiger partial charge in [0.25, 0.3) is 0 Å². The van der Waals surface area contributed by atoms with Crippen molar-refractivity contribution < 1.29 is 5.11 Å². The minimum atomic E-state index is -0.718. The van der Waals surface area contributed by atoms with E-state index < -0.39 is 6.10 Å². The minimum absolute atomic E-state index is 0.718. The highest BCUT2D eigenvalue weighted by atomic mass is 79.9. The summed E-state index contributed by atoms with van der Waals surface area (Å²) >= 11 is 3.49. The third kappa shape index (κ3) is 3.90. The van der Waals surface area contributed by atoms with Gasteiger partial charge in [0.2, 0.25) is 0 Å². The average Bonchev–Trinajstić information content (AvgIpc) is 2.75. The van der Waals surface area contributed by atoms with Crippen molar-refractivity contribution in [3.63, 3.8) is 0 Å². The summed E-state index contributed by atoms with van der Waals surface area (Å²) in [5.74, 6) is 0. The van der Waals surface area contributed by atoms with Crippen LogP contribution in [-0.4, -0.2) is 45.4 Å². The van der Waals surface area contributed by atoms with Gasteiger partial charge in [0.1, 0.15) is 6.10 Å². The second kappa shape index (κ2) is 6.68. The van der Waals surface area contributed by atoms with Crippen LogP contribution >= 0.6 is 15.9 Å². The summed E-state index contributed by atoms with van der Waals surface area (Å²) in [6.07, 6.45) is 1.01. The summed E-state index contributed by atoms with van der Waals surface area (Å²) in [6, 6.07) is 3.82. The molecule has 0 radical (unpaired) electrons. The summed E-state index contributed by atoms with van der Waals surface area (Å²) < 4.78 is 2.67. The Kier molecular flexibility index (Phi) is 5.13. The van der Waals surface area contributed by atoms with Crippen LogP contribution in [0.1, 0.15) is 28.7 Å². The Bertz CT molecular complexity index is 604. The van der Waals surface area contributed by atoms with Crippen LogP contribution in [-0.2, 0) is 6.54 Å². The predicted octanol–water partition coefficient (Wildman–Crippen LogP) is 2.30. The van der Waals surface area contributed by atoms with Crippen LogP contribution in [0.2, 0.25) is 0 Å². The van der Waals surface area contributed by atoms with Gasteiger partial charge in [0, 0.05) is 17.9 Å². The molecule has 0 aliphatic carbocycles. The van der Waals surface area contributed by atoms with E-state index in [0.717, 1.165) is 40.2 Å². The number of likely N-dealkylation sites (N-methyl/N-ethyl adjacent to an activating group) is 1. The standard InChI is InChI=1S/C15H21BrN4O/c1-10-7-12(8-11(2)18-10)15(21)14-13(16)9-17-20(14)6-5-19(3)4/h7-9,15,21H,5-6H2,1-4H3. The van der Waals surface area contributed by atoms with Crippen LogP contribution in [0.25, 0.3) is 0 Å². The number of aryl methyl sites for hydroxylation is 2. The number of pyridine rings is 1. The Morgan fingerprint density at radius 1 is 1.29 bits per heavy atom. The first kappa shape index (κ1) is 16.1. The molecule has 114 valence electrons. The lowest BCUT2D eigenvalue weighted by Crippen LogP contribution is -2.21. The van der Waals surface area contributed by atoms with E-state index in [1.807, 2.05) is 44.8 Å². The van der Waals surface area contributed by atoms with Crippen LogP contribution in [0.3, 0.4) is 0 Å². The van der Waals surface area contributed by atoms with Crippen LogP contribution < -0.4 is 0 Å². The van der Waals surface area contributed by atoms with Crippen molar-refractivity contribution in [3.8, 4) is 0 Å². The van der Waals surface area contributed by atoms with E-state index in [2.05, 4.69) is 30.9 Å². The molecule has 0 aliphatic heterocycles. The summed E-state index contributed by atoms with van der Waals surface area (Å²) in [6.45, 7) is 5.46. The fourth-order valence-electron chi connectivity index (χ4n) is 2.30. The lowest BCUT2D eigenvalue weighted by atomic mass is 10.1. The Hall–Kier alpha value is -1.24. The molecule has 5 nitrogen and oxygen atoms in total. The minimum Gasteiger partial charge on any atom is -0.382 e. The van der Waals surface area contributed by atoms with Gasteiger partial charge in [-0.1, -0.05) is 0 Å². The molecule has 0 saturated heterocycles. The fourth-order valence-corrected chi connectivity index (χ4v) is 2.81. The number of aliphatic hydroxyl groups is 1. The first-order valence-electron chi connectivity index (χ1n) is 6.87. The SMILES string of the molecule is Cc1cc(C(O)c2c(Br)cnn2CCN(C)C)cc(C)n1. The fraction of sp³-hybridized carbons (Fsp3) is 0.467. The van der Waals surface area contributed by atoms with Gasteiger partial charge < -0.3 is 10.0 Å².